The van der Waals surface area contributed by atoms with Gasteiger partial charge in [-0.3, -0.25) is 4.98 Å². The molecule has 1 heterocycles. The van der Waals surface area contributed by atoms with Gasteiger partial charge < -0.3 is 0 Å². The second kappa shape index (κ2) is 13.7. The van der Waals surface area contributed by atoms with Crippen LogP contribution in [0.3, 0.4) is 0 Å². The molecular weight excluding hydrogens is 374 g/mol. The van der Waals surface area contributed by atoms with Crippen LogP contribution in [-0.2, 0) is 12.8 Å². The predicted octanol–water partition coefficient (Wildman–Crippen LogP) is 9.19. The van der Waals surface area contributed by atoms with Crippen LogP contribution in [0.25, 0.3) is 11.3 Å². The molecular formula is C30H45N. The van der Waals surface area contributed by atoms with Crippen LogP contribution in [0, 0.1) is 11.8 Å². The van der Waals surface area contributed by atoms with Gasteiger partial charge in [0.2, 0.25) is 0 Å². The zero-order valence-electron chi connectivity index (χ0n) is 20.2. The van der Waals surface area contributed by atoms with E-state index in [2.05, 4.69) is 55.2 Å². The molecule has 0 saturated heterocycles. The van der Waals surface area contributed by atoms with E-state index in [1.807, 2.05) is 6.20 Å². The van der Waals surface area contributed by atoms with Crippen LogP contribution < -0.4 is 0 Å². The van der Waals surface area contributed by atoms with Crippen molar-refractivity contribution < 1.29 is 0 Å². The lowest BCUT2D eigenvalue weighted by Crippen LogP contribution is -2.16. The van der Waals surface area contributed by atoms with Gasteiger partial charge in [0, 0.05) is 11.8 Å². The summed E-state index contributed by atoms with van der Waals surface area (Å²) < 4.78 is 0. The Labute approximate surface area is 192 Å². The minimum atomic E-state index is 0.950. The van der Waals surface area contributed by atoms with Gasteiger partial charge in [0.05, 0.1) is 5.69 Å². The van der Waals surface area contributed by atoms with Crippen molar-refractivity contribution in [2.45, 2.75) is 110 Å². The number of nitrogens with zero attached hydrogens (tertiary/aromatic N) is 1. The monoisotopic (exact) mass is 419 g/mol. The van der Waals surface area contributed by atoms with Crippen molar-refractivity contribution in [3.05, 3.63) is 53.7 Å². The van der Waals surface area contributed by atoms with E-state index < -0.39 is 0 Å². The van der Waals surface area contributed by atoms with E-state index in [0.717, 1.165) is 24.0 Å². The third-order valence-electron chi connectivity index (χ3n) is 7.31. The lowest BCUT2D eigenvalue weighted by atomic mass is 9.77. The number of unbranched alkanes of at least 4 members (excludes halogenated alkanes) is 5. The molecule has 1 heteroatoms. The van der Waals surface area contributed by atoms with Gasteiger partial charge in [-0.2, -0.15) is 0 Å². The first kappa shape index (κ1) is 24.0. The Morgan fingerprint density at radius 2 is 1.42 bits per heavy atom. The largest absolute Gasteiger partial charge is 0.256 e. The number of aryl methyl sites for hydroxylation is 2. The third kappa shape index (κ3) is 8.43. The Morgan fingerprint density at radius 3 is 2.13 bits per heavy atom. The predicted molar refractivity (Wildman–Crippen MR) is 135 cm³/mol. The van der Waals surface area contributed by atoms with Crippen molar-refractivity contribution in [1.82, 2.24) is 4.98 Å². The van der Waals surface area contributed by atoms with E-state index in [1.54, 1.807) is 0 Å². The van der Waals surface area contributed by atoms with E-state index in [4.69, 9.17) is 0 Å². The fourth-order valence-corrected chi connectivity index (χ4v) is 5.38. The summed E-state index contributed by atoms with van der Waals surface area (Å²) in [6, 6.07) is 13.6. The lowest BCUT2D eigenvalue weighted by molar-refractivity contribution is 0.239. The fraction of sp³-hybridized carbons (Fsp3) is 0.633. The molecule has 2 aromatic rings. The van der Waals surface area contributed by atoms with E-state index >= 15 is 0 Å². The molecule has 0 radical (unpaired) electrons. The number of benzene rings is 1. The summed E-state index contributed by atoms with van der Waals surface area (Å²) in [7, 11) is 0. The summed E-state index contributed by atoms with van der Waals surface area (Å²) in [5.74, 6) is 1.96. The van der Waals surface area contributed by atoms with E-state index in [0.29, 0.717) is 0 Å². The topological polar surface area (TPSA) is 12.9 Å². The molecule has 0 spiro atoms. The third-order valence-corrected chi connectivity index (χ3v) is 7.31. The van der Waals surface area contributed by atoms with Gasteiger partial charge in [-0.05, 0) is 54.7 Å². The average molecular weight is 420 g/mol. The van der Waals surface area contributed by atoms with E-state index in [-0.39, 0.29) is 0 Å². The highest BCUT2D eigenvalue weighted by Gasteiger charge is 2.21. The second-order valence-corrected chi connectivity index (χ2v) is 9.99. The standard InChI is InChI=1S/C30H45N/c1-3-5-6-7-8-9-12-26-13-10-14-27(23-26)16-15-25-17-20-29(21-18-25)30-22-19-28(11-4-2)24-31-30/h17-22,24,26-27H,3-16,23H2,1-2H3. The molecule has 1 nitrogen and oxygen atoms in total. The van der Waals surface area contributed by atoms with Gasteiger partial charge in [0.15, 0.2) is 0 Å². The van der Waals surface area contributed by atoms with Gasteiger partial charge in [0.1, 0.15) is 0 Å². The number of hydrogen-bond donors (Lipinski definition) is 0. The Bertz CT molecular complexity index is 715. The Kier molecular flexibility index (Phi) is 10.6. The smallest absolute Gasteiger partial charge is 0.0702 e. The molecule has 1 aliphatic carbocycles. The summed E-state index contributed by atoms with van der Waals surface area (Å²) in [5.41, 5.74) is 5.16. The van der Waals surface area contributed by atoms with Crippen LogP contribution in [0.5, 0.6) is 0 Å². The molecule has 0 bridgehead atoms. The maximum atomic E-state index is 4.67. The minimum Gasteiger partial charge on any atom is -0.256 e. The first-order valence-corrected chi connectivity index (χ1v) is 13.3. The van der Waals surface area contributed by atoms with Crippen molar-refractivity contribution in [3.8, 4) is 11.3 Å². The minimum absolute atomic E-state index is 0.950. The summed E-state index contributed by atoms with van der Waals surface area (Å²) in [6.45, 7) is 4.52. The normalized spacial score (nSPS) is 18.9. The summed E-state index contributed by atoms with van der Waals surface area (Å²) in [4.78, 5) is 4.67. The van der Waals surface area contributed by atoms with Gasteiger partial charge in [0.25, 0.3) is 0 Å². The van der Waals surface area contributed by atoms with Gasteiger partial charge in [-0.15, -0.1) is 0 Å². The number of aromatic nitrogens is 1. The van der Waals surface area contributed by atoms with Crippen molar-refractivity contribution in [2.24, 2.45) is 11.8 Å². The first-order chi connectivity index (χ1) is 15.3. The summed E-state index contributed by atoms with van der Waals surface area (Å²) in [6.07, 6.45) is 22.9. The molecule has 1 aromatic carbocycles. The number of rotatable bonds is 13. The molecule has 2 unspecified atom stereocenters. The van der Waals surface area contributed by atoms with Crippen molar-refractivity contribution in [1.29, 1.82) is 0 Å². The molecule has 1 saturated carbocycles. The van der Waals surface area contributed by atoms with Crippen LogP contribution in [0.1, 0.15) is 108 Å². The molecule has 1 aromatic heterocycles. The molecule has 170 valence electrons. The van der Waals surface area contributed by atoms with Crippen LogP contribution in [-0.4, -0.2) is 4.98 Å². The molecule has 1 aliphatic rings. The van der Waals surface area contributed by atoms with Gasteiger partial charge in [-0.1, -0.05) is 115 Å². The van der Waals surface area contributed by atoms with Crippen molar-refractivity contribution >= 4 is 0 Å². The maximum absolute atomic E-state index is 4.67. The Morgan fingerprint density at radius 1 is 0.710 bits per heavy atom. The SMILES string of the molecule is CCCCCCCCC1CCCC(CCc2ccc(-c3ccc(CCC)cn3)cc2)C1. The van der Waals surface area contributed by atoms with Crippen LogP contribution in [0.15, 0.2) is 42.6 Å². The Balaban J connectivity index is 1.39. The van der Waals surface area contributed by atoms with Crippen molar-refractivity contribution in [2.75, 3.05) is 0 Å². The average Bonchev–Trinajstić information content (AvgIpc) is 2.81. The first-order valence-electron chi connectivity index (χ1n) is 13.3. The molecule has 31 heavy (non-hydrogen) atoms. The summed E-state index contributed by atoms with van der Waals surface area (Å²) >= 11 is 0. The zero-order chi connectivity index (χ0) is 21.7. The van der Waals surface area contributed by atoms with E-state index in [9.17, 15) is 0 Å². The molecule has 0 amide bonds. The number of pyridine rings is 1. The zero-order valence-corrected chi connectivity index (χ0v) is 20.2. The Hall–Kier alpha value is -1.63. The van der Waals surface area contributed by atoms with E-state index in [1.165, 1.54) is 107 Å². The molecule has 1 fully saturated rings. The second-order valence-electron chi connectivity index (χ2n) is 9.99. The van der Waals surface area contributed by atoms with Gasteiger partial charge >= 0.3 is 0 Å². The molecule has 3 rings (SSSR count). The van der Waals surface area contributed by atoms with Crippen LogP contribution in [0.2, 0.25) is 0 Å². The quantitative estimate of drug-likeness (QED) is 0.295. The maximum Gasteiger partial charge on any atom is 0.0702 e. The highest BCUT2D eigenvalue weighted by Crippen LogP contribution is 2.35. The highest BCUT2D eigenvalue weighted by atomic mass is 14.7. The van der Waals surface area contributed by atoms with Gasteiger partial charge in [-0.25, -0.2) is 0 Å². The molecule has 0 aliphatic heterocycles. The molecule has 0 N–H and O–H groups in total. The highest BCUT2D eigenvalue weighted by molar-refractivity contribution is 5.59. The number of hydrogen-bond acceptors (Lipinski definition) is 1. The molecule has 2 atom stereocenters. The van der Waals surface area contributed by atoms with Crippen LogP contribution in [0.4, 0.5) is 0 Å². The fourth-order valence-electron chi connectivity index (χ4n) is 5.38. The van der Waals surface area contributed by atoms with Crippen LogP contribution >= 0.6 is 0 Å². The van der Waals surface area contributed by atoms with Crippen molar-refractivity contribution in [3.63, 3.8) is 0 Å². The summed E-state index contributed by atoms with van der Waals surface area (Å²) in [5, 5.41) is 0. The lowest BCUT2D eigenvalue weighted by Gasteiger charge is -2.29.